The van der Waals surface area contributed by atoms with Gasteiger partial charge in [-0.15, -0.1) is 0 Å². The van der Waals surface area contributed by atoms with Gasteiger partial charge in [0.05, 0.1) is 6.10 Å². The van der Waals surface area contributed by atoms with Crippen LogP contribution in [0.3, 0.4) is 0 Å². The van der Waals surface area contributed by atoms with Gasteiger partial charge in [-0.1, -0.05) is 0 Å². The van der Waals surface area contributed by atoms with Gasteiger partial charge in [-0.3, -0.25) is 0 Å². The standard InChI is InChI=1S/C10H21NO/c1-11-8-7-9-3-5-10(12-2)6-4-9/h9-11H,3-8H2,1-2H3. The largest absolute Gasteiger partial charge is 0.381 e. The van der Waals surface area contributed by atoms with E-state index >= 15 is 0 Å². The third-order valence-corrected chi connectivity index (χ3v) is 2.93. The smallest absolute Gasteiger partial charge is 0.0571 e. The zero-order valence-electron chi connectivity index (χ0n) is 8.31. The van der Waals surface area contributed by atoms with Gasteiger partial charge in [-0.25, -0.2) is 0 Å². The average molecular weight is 171 g/mol. The minimum absolute atomic E-state index is 0.552. The van der Waals surface area contributed by atoms with E-state index in [9.17, 15) is 0 Å². The molecule has 0 heterocycles. The maximum absolute atomic E-state index is 5.33. The van der Waals surface area contributed by atoms with Crippen molar-refractivity contribution < 1.29 is 4.74 Å². The highest BCUT2D eigenvalue weighted by Crippen LogP contribution is 2.27. The predicted molar refractivity (Wildman–Crippen MR) is 51.3 cm³/mol. The van der Waals surface area contributed by atoms with Crippen LogP contribution in [0.5, 0.6) is 0 Å². The van der Waals surface area contributed by atoms with E-state index in [1.807, 2.05) is 14.2 Å². The van der Waals surface area contributed by atoms with E-state index in [0.29, 0.717) is 6.10 Å². The van der Waals surface area contributed by atoms with Crippen LogP contribution in [0.1, 0.15) is 32.1 Å². The van der Waals surface area contributed by atoms with E-state index < -0.39 is 0 Å². The number of hydrogen-bond acceptors (Lipinski definition) is 2. The van der Waals surface area contributed by atoms with Crippen molar-refractivity contribution >= 4 is 0 Å². The molecule has 0 unspecified atom stereocenters. The third kappa shape index (κ3) is 3.11. The second-order valence-electron chi connectivity index (χ2n) is 3.77. The fourth-order valence-corrected chi connectivity index (χ4v) is 2.00. The van der Waals surface area contributed by atoms with Crippen molar-refractivity contribution in [2.24, 2.45) is 5.92 Å². The molecule has 0 amide bonds. The number of nitrogens with one attached hydrogen (secondary N) is 1. The fourth-order valence-electron chi connectivity index (χ4n) is 2.00. The molecule has 1 fully saturated rings. The molecular formula is C10H21NO. The van der Waals surface area contributed by atoms with E-state index in [1.165, 1.54) is 38.6 Å². The van der Waals surface area contributed by atoms with Crippen molar-refractivity contribution in [3.8, 4) is 0 Å². The van der Waals surface area contributed by atoms with Gasteiger partial charge in [0, 0.05) is 7.11 Å². The van der Waals surface area contributed by atoms with Crippen LogP contribution in [0.15, 0.2) is 0 Å². The van der Waals surface area contributed by atoms with Crippen LogP contribution in [0.4, 0.5) is 0 Å². The first-order valence-corrected chi connectivity index (χ1v) is 5.04. The van der Waals surface area contributed by atoms with Crippen LogP contribution in [0, 0.1) is 5.92 Å². The fraction of sp³-hybridized carbons (Fsp3) is 1.00. The van der Waals surface area contributed by atoms with Gasteiger partial charge in [0.25, 0.3) is 0 Å². The Morgan fingerprint density at radius 3 is 2.42 bits per heavy atom. The molecule has 0 atom stereocenters. The highest BCUT2D eigenvalue weighted by molar-refractivity contribution is 4.72. The minimum atomic E-state index is 0.552. The molecule has 0 aromatic rings. The number of methoxy groups -OCH3 is 1. The topological polar surface area (TPSA) is 21.3 Å². The summed E-state index contributed by atoms with van der Waals surface area (Å²) in [4.78, 5) is 0. The molecule has 0 aromatic heterocycles. The molecule has 2 nitrogen and oxygen atoms in total. The molecule has 0 aliphatic heterocycles. The quantitative estimate of drug-likeness (QED) is 0.696. The van der Waals surface area contributed by atoms with Gasteiger partial charge in [-0.2, -0.15) is 0 Å². The molecule has 0 radical (unpaired) electrons. The zero-order valence-corrected chi connectivity index (χ0v) is 8.31. The first-order chi connectivity index (χ1) is 5.86. The van der Waals surface area contributed by atoms with Gasteiger partial charge in [0.15, 0.2) is 0 Å². The van der Waals surface area contributed by atoms with Crippen LogP contribution in [-0.4, -0.2) is 26.8 Å². The number of rotatable bonds is 4. The Bertz CT molecular complexity index is 108. The lowest BCUT2D eigenvalue weighted by Gasteiger charge is -2.27. The van der Waals surface area contributed by atoms with Crippen molar-refractivity contribution in [1.82, 2.24) is 5.32 Å². The molecule has 1 saturated carbocycles. The first kappa shape index (κ1) is 10.0. The Balaban J connectivity index is 2.09. The maximum Gasteiger partial charge on any atom is 0.0571 e. The molecule has 1 aliphatic carbocycles. The SMILES string of the molecule is CNCCC1CCC(OC)CC1. The van der Waals surface area contributed by atoms with Gasteiger partial charge < -0.3 is 10.1 Å². The van der Waals surface area contributed by atoms with Crippen LogP contribution in [-0.2, 0) is 4.74 Å². The molecule has 2 heteroatoms. The Labute approximate surface area is 75.7 Å². The molecule has 1 N–H and O–H groups in total. The summed E-state index contributed by atoms with van der Waals surface area (Å²) >= 11 is 0. The van der Waals surface area contributed by atoms with Crippen LogP contribution in [0.25, 0.3) is 0 Å². The van der Waals surface area contributed by atoms with Crippen LogP contribution in [0.2, 0.25) is 0 Å². The first-order valence-electron chi connectivity index (χ1n) is 5.04. The van der Waals surface area contributed by atoms with Gasteiger partial charge in [0.1, 0.15) is 0 Å². The number of hydrogen-bond donors (Lipinski definition) is 1. The molecule has 1 aliphatic rings. The summed E-state index contributed by atoms with van der Waals surface area (Å²) in [5.74, 6) is 0.948. The van der Waals surface area contributed by atoms with Crippen molar-refractivity contribution in [2.75, 3.05) is 20.7 Å². The maximum atomic E-state index is 5.33. The summed E-state index contributed by atoms with van der Waals surface area (Å²) in [5, 5.41) is 3.21. The summed E-state index contributed by atoms with van der Waals surface area (Å²) in [7, 11) is 3.86. The highest BCUT2D eigenvalue weighted by atomic mass is 16.5. The van der Waals surface area contributed by atoms with Gasteiger partial charge in [-0.05, 0) is 51.6 Å². The molecule has 1 rings (SSSR count). The molecule has 72 valence electrons. The van der Waals surface area contributed by atoms with Gasteiger partial charge >= 0.3 is 0 Å². The molecule has 0 bridgehead atoms. The molecular weight excluding hydrogens is 150 g/mol. The molecule has 0 saturated heterocycles. The normalized spacial score (nSPS) is 30.5. The van der Waals surface area contributed by atoms with Crippen LogP contribution < -0.4 is 5.32 Å². The van der Waals surface area contributed by atoms with E-state index in [4.69, 9.17) is 4.74 Å². The Morgan fingerprint density at radius 2 is 1.92 bits per heavy atom. The van der Waals surface area contributed by atoms with E-state index in [0.717, 1.165) is 5.92 Å². The summed E-state index contributed by atoms with van der Waals surface area (Å²) in [5.41, 5.74) is 0. The lowest BCUT2D eigenvalue weighted by molar-refractivity contribution is 0.0557. The third-order valence-electron chi connectivity index (χ3n) is 2.93. The van der Waals surface area contributed by atoms with Crippen molar-refractivity contribution in [3.05, 3.63) is 0 Å². The lowest BCUT2D eigenvalue weighted by Crippen LogP contribution is -2.22. The van der Waals surface area contributed by atoms with Gasteiger partial charge in [0.2, 0.25) is 0 Å². The Hall–Kier alpha value is -0.0800. The second kappa shape index (κ2) is 5.55. The predicted octanol–water partition coefficient (Wildman–Crippen LogP) is 1.80. The summed E-state index contributed by atoms with van der Waals surface area (Å²) in [6, 6.07) is 0. The summed E-state index contributed by atoms with van der Waals surface area (Å²) < 4.78 is 5.33. The van der Waals surface area contributed by atoms with E-state index in [-0.39, 0.29) is 0 Å². The monoisotopic (exact) mass is 171 g/mol. The highest BCUT2D eigenvalue weighted by Gasteiger charge is 2.19. The molecule has 12 heavy (non-hydrogen) atoms. The van der Waals surface area contributed by atoms with E-state index in [2.05, 4.69) is 5.32 Å². The summed E-state index contributed by atoms with van der Waals surface area (Å²) in [6.07, 6.45) is 7.15. The number of ether oxygens (including phenoxy) is 1. The van der Waals surface area contributed by atoms with Crippen molar-refractivity contribution in [2.45, 2.75) is 38.2 Å². The average Bonchev–Trinajstić information content (AvgIpc) is 2.15. The second-order valence-corrected chi connectivity index (χ2v) is 3.77. The van der Waals surface area contributed by atoms with Crippen molar-refractivity contribution in [1.29, 1.82) is 0 Å². The molecule has 0 aromatic carbocycles. The van der Waals surface area contributed by atoms with Crippen molar-refractivity contribution in [3.63, 3.8) is 0 Å². The lowest BCUT2D eigenvalue weighted by atomic mass is 9.85. The Morgan fingerprint density at radius 1 is 1.25 bits per heavy atom. The van der Waals surface area contributed by atoms with Crippen LogP contribution >= 0.6 is 0 Å². The Kier molecular flexibility index (Phi) is 4.62. The zero-order chi connectivity index (χ0) is 8.81. The minimum Gasteiger partial charge on any atom is -0.381 e. The van der Waals surface area contributed by atoms with E-state index in [1.54, 1.807) is 0 Å². The molecule has 0 spiro atoms. The summed E-state index contributed by atoms with van der Waals surface area (Å²) in [6.45, 7) is 1.17.